The minimum atomic E-state index is 0.00908. The van der Waals surface area contributed by atoms with Crippen LogP contribution >= 0.6 is 22.6 Å². The summed E-state index contributed by atoms with van der Waals surface area (Å²) in [5.41, 5.74) is 0.859. The Bertz CT molecular complexity index is 422. The molecule has 0 radical (unpaired) electrons. The van der Waals surface area contributed by atoms with Crippen LogP contribution in [0.25, 0.3) is 0 Å². The van der Waals surface area contributed by atoms with Crippen LogP contribution in [0, 0.1) is 3.57 Å². The lowest BCUT2D eigenvalue weighted by molar-refractivity contribution is -0.121. The molecule has 0 atom stereocenters. The highest BCUT2D eigenvalue weighted by atomic mass is 127. The lowest BCUT2D eigenvalue weighted by Gasteiger charge is -2.29. The zero-order chi connectivity index (χ0) is 12.3. The van der Waals surface area contributed by atoms with Gasteiger partial charge in [0.2, 0.25) is 0 Å². The number of anilines is 1. The van der Waals surface area contributed by atoms with E-state index in [2.05, 4.69) is 22.6 Å². The molecule has 0 fully saturated rings. The minimum Gasteiger partial charge on any atom is -0.482 e. The van der Waals surface area contributed by atoms with Crippen molar-refractivity contribution >= 4 is 34.2 Å². The number of amides is 1. The molecule has 0 N–H and O–H groups in total. The van der Waals surface area contributed by atoms with Gasteiger partial charge in [-0.1, -0.05) is 0 Å². The summed E-state index contributed by atoms with van der Waals surface area (Å²) in [6, 6.07) is 5.86. The van der Waals surface area contributed by atoms with Gasteiger partial charge in [-0.3, -0.25) is 4.79 Å². The SMILES string of the molecule is COCCCN1C(=O)COc2cc(I)ccc21. The first kappa shape index (κ1) is 12.6. The van der Waals surface area contributed by atoms with E-state index in [1.807, 2.05) is 18.2 Å². The van der Waals surface area contributed by atoms with Gasteiger partial charge in [0.1, 0.15) is 5.75 Å². The molecule has 0 aromatic heterocycles. The Kier molecular flexibility index (Phi) is 4.22. The summed E-state index contributed by atoms with van der Waals surface area (Å²) in [5.74, 6) is 0.795. The van der Waals surface area contributed by atoms with E-state index in [1.54, 1.807) is 12.0 Å². The molecule has 0 bridgehead atoms. The maximum atomic E-state index is 11.8. The van der Waals surface area contributed by atoms with Crippen LogP contribution < -0.4 is 9.64 Å². The standard InChI is InChI=1S/C12H14INO3/c1-16-6-2-5-14-10-4-3-9(13)7-11(10)17-8-12(14)15/h3-4,7H,2,5-6,8H2,1H3. The number of hydrogen-bond acceptors (Lipinski definition) is 3. The topological polar surface area (TPSA) is 38.8 Å². The molecule has 4 nitrogen and oxygen atoms in total. The second-order valence-electron chi connectivity index (χ2n) is 3.79. The highest BCUT2D eigenvalue weighted by molar-refractivity contribution is 14.1. The smallest absolute Gasteiger partial charge is 0.265 e. The summed E-state index contributed by atoms with van der Waals surface area (Å²) in [6.07, 6.45) is 0.827. The van der Waals surface area contributed by atoms with E-state index in [0.29, 0.717) is 13.2 Å². The molecule has 0 saturated carbocycles. The van der Waals surface area contributed by atoms with Crippen molar-refractivity contribution < 1.29 is 14.3 Å². The van der Waals surface area contributed by atoms with Crippen LogP contribution in [0.4, 0.5) is 5.69 Å². The fraction of sp³-hybridized carbons (Fsp3) is 0.417. The van der Waals surface area contributed by atoms with E-state index in [-0.39, 0.29) is 12.5 Å². The van der Waals surface area contributed by atoms with Gasteiger partial charge in [-0.2, -0.15) is 0 Å². The third-order valence-corrected chi connectivity index (χ3v) is 3.27. The number of carbonyl (C=O) groups is 1. The summed E-state index contributed by atoms with van der Waals surface area (Å²) in [6.45, 7) is 1.45. The maximum absolute atomic E-state index is 11.8. The number of benzene rings is 1. The molecule has 1 aliphatic heterocycles. The summed E-state index contributed by atoms with van der Waals surface area (Å²) < 4.78 is 11.5. The lowest BCUT2D eigenvalue weighted by atomic mass is 10.2. The van der Waals surface area contributed by atoms with Gasteiger partial charge >= 0.3 is 0 Å². The zero-order valence-electron chi connectivity index (χ0n) is 9.61. The Balaban J connectivity index is 2.18. The van der Waals surface area contributed by atoms with Gasteiger partial charge in [-0.15, -0.1) is 0 Å². The number of halogens is 1. The molecule has 2 rings (SSSR count). The van der Waals surface area contributed by atoms with Crippen molar-refractivity contribution in [1.29, 1.82) is 0 Å². The first-order valence-electron chi connectivity index (χ1n) is 5.44. The monoisotopic (exact) mass is 347 g/mol. The number of carbonyl (C=O) groups excluding carboxylic acids is 1. The van der Waals surface area contributed by atoms with Crippen molar-refractivity contribution in [3.63, 3.8) is 0 Å². The molecule has 0 aliphatic carbocycles. The normalized spacial score (nSPS) is 14.5. The van der Waals surface area contributed by atoms with Crippen molar-refractivity contribution in [1.82, 2.24) is 0 Å². The number of ether oxygens (including phenoxy) is 2. The summed E-state index contributed by atoms with van der Waals surface area (Å²) in [4.78, 5) is 13.6. The molecule has 1 aromatic rings. The number of rotatable bonds is 4. The largest absolute Gasteiger partial charge is 0.482 e. The lowest BCUT2D eigenvalue weighted by Crippen LogP contribution is -2.39. The first-order valence-corrected chi connectivity index (χ1v) is 6.52. The van der Waals surface area contributed by atoms with Crippen LogP contribution in [0.2, 0.25) is 0 Å². The fourth-order valence-electron chi connectivity index (χ4n) is 1.79. The maximum Gasteiger partial charge on any atom is 0.265 e. The molecule has 0 unspecified atom stereocenters. The molecule has 92 valence electrons. The number of hydrogen-bond donors (Lipinski definition) is 0. The highest BCUT2D eigenvalue weighted by Crippen LogP contribution is 2.33. The number of methoxy groups -OCH3 is 1. The summed E-state index contributed by atoms with van der Waals surface area (Å²) >= 11 is 2.23. The van der Waals surface area contributed by atoms with Crippen LogP contribution in [0.5, 0.6) is 5.75 Å². The molecule has 17 heavy (non-hydrogen) atoms. The summed E-state index contributed by atoms with van der Waals surface area (Å²) in [7, 11) is 1.66. The molecular weight excluding hydrogens is 333 g/mol. The first-order chi connectivity index (χ1) is 8.22. The Morgan fingerprint density at radius 3 is 3.12 bits per heavy atom. The Morgan fingerprint density at radius 2 is 2.35 bits per heavy atom. The third kappa shape index (κ3) is 2.90. The molecule has 1 aromatic carbocycles. The fourth-order valence-corrected chi connectivity index (χ4v) is 2.25. The van der Waals surface area contributed by atoms with Crippen LogP contribution in [-0.2, 0) is 9.53 Å². The van der Waals surface area contributed by atoms with Gasteiger partial charge in [-0.25, -0.2) is 0 Å². The van der Waals surface area contributed by atoms with E-state index in [1.165, 1.54) is 0 Å². The molecule has 0 saturated heterocycles. The van der Waals surface area contributed by atoms with E-state index in [4.69, 9.17) is 9.47 Å². The number of fused-ring (bicyclic) bond motifs is 1. The predicted molar refractivity (Wildman–Crippen MR) is 73.5 cm³/mol. The van der Waals surface area contributed by atoms with E-state index >= 15 is 0 Å². The van der Waals surface area contributed by atoms with Crippen molar-refractivity contribution in [2.75, 3.05) is 31.8 Å². The number of nitrogens with zero attached hydrogens (tertiary/aromatic N) is 1. The molecule has 1 amide bonds. The van der Waals surface area contributed by atoms with Crippen LogP contribution in [0.15, 0.2) is 18.2 Å². The summed E-state index contributed by atoms with van der Waals surface area (Å²) in [5, 5.41) is 0. The van der Waals surface area contributed by atoms with Crippen molar-refractivity contribution in [2.24, 2.45) is 0 Å². The van der Waals surface area contributed by atoms with Crippen molar-refractivity contribution in [3.05, 3.63) is 21.8 Å². The van der Waals surface area contributed by atoms with Gasteiger partial charge in [0.25, 0.3) is 5.91 Å². The van der Waals surface area contributed by atoms with E-state index < -0.39 is 0 Å². The second-order valence-corrected chi connectivity index (χ2v) is 5.04. The quantitative estimate of drug-likeness (QED) is 0.618. The van der Waals surface area contributed by atoms with E-state index in [9.17, 15) is 4.79 Å². The molecule has 0 spiro atoms. The zero-order valence-corrected chi connectivity index (χ0v) is 11.8. The van der Waals surface area contributed by atoms with Crippen LogP contribution in [0.3, 0.4) is 0 Å². The molecule has 1 heterocycles. The van der Waals surface area contributed by atoms with Crippen molar-refractivity contribution in [2.45, 2.75) is 6.42 Å². The van der Waals surface area contributed by atoms with Gasteiger partial charge in [-0.05, 0) is 47.2 Å². The van der Waals surface area contributed by atoms with E-state index in [0.717, 1.165) is 21.4 Å². The van der Waals surface area contributed by atoms with Crippen LogP contribution in [0.1, 0.15) is 6.42 Å². The Morgan fingerprint density at radius 1 is 1.53 bits per heavy atom. The predicted octanol–water partition coefficient (Wildman–Crippen LogP) is 2.05. The average molecular weight is 347 g/mol. The third-order valence-electron chi connectivity index (χ3n) is 2.60. The van der Waals surface area contributed by atoms with Gasteiger partial charge in [0, 0.05) is 23.8 Å². The molecule has 5 heteroatoms. The average Bonchev–Trinajstić information content (AvgIpc) is 2.32. The minimum absolute atomic E-state index is 0.00908. The Hall–Kier alpha value is -0.820. The highest BCUT2D eigenvalue weighted by Gasteiger charge is 2.24. The van der Waals surface area contributed by atoms with Gasteiger partial charge in [0.15, 0.2) is 6.61 Å². The molecule has 1 aliphatic rings. The molecular formula is C12H14INO3. The Labute approximate surface area is 114 Å². The van der Waals surface area contributed by atoms with Crippen molar-refractivity contribution in [3.8, 4) is 5.75 Å². The second kappa shape index (κ2) is 5.68. The van der Waals surface area contributed by atoms with Crippen LogP contribution in [-0.4, -0.2) is 32.8 Å². The van der Waals surface area contributed by atoms with Gasteiger partial charge in [0.05, 0.1) is 5.69 Å². The van der Waals surface area contributed by atoms with Gasteiger partial charge < -0.3 is 14.4 Å².